The van der Waals surface area contributed by atoms with E-state index in [1.54, 1.807) is 0 Å². The largest absolute Gasteiger partial charge is 0.355 e. The fraction of sp³-hybridized carbons (Fsp3) is 0.909. The maximum absolute atomic E-state index is 11.1. The Bertz CT molecular complexity index is 353. The lowest BCUT2D eigenvalue weighted by Gasteiger charge is -2.09. The van der Waals surface area contributed by atoms with Gasteiger partial charge in [0.05, 0.1) is 6.61 Å². The van der Waals surface area contributed by atoms with E-state index in [1.165, 1.54) is 36.7 Å². The van der Waals surface area contributed by atoms with Crippen molar-refractivity contribution in [2.45, 2.75) is 58.3 Å². The van der Waals surface area contributed by atoms with Gasteiger partial charge in [-0.3, -0.25) is 9.39 Å². The predicted molar refractivity (Wildman–Crippen MR) is 69.9 cm³/mol. The summed E-state index contributed by atoms with van der Waals surface area (Å²) in [5, 5.41) is 16.6. The maximum Gasteiger partial charge on any atom is 0.355 e. The molecule has 0 atom stereocenters. The molecule has 0 aliphatic rings. The first-order valence-corrected chi connectivity index (χ1v) is 7.98. The molecule has 0 radical (unpaired) electrons. The van der Waals surface area contributed by atoms with Crippen LogP contribution >= 0.6 is 0 Å². The Morgan fingerprint density at radius 3 is 2.21 bits per heavy atom. The van der Waals surface area contributed by atoms with Gasteiger partial charge in [0.25, 0.3) is 0 Å². The second-order valence-corrected chi connectivity index (χ2v) is 5.58. The van der Waals surface area contributed by atoms with Crippen molar-refractivity contribution in [3.63, 3.8) is 0 Å². The van der Waals surface area contributed by atoms with Gasteiger partial charge in [0, 0.05) is 0 Å². The van der Waals surface area contributed by atoms with Gasteiger partial charge in [-0.05, 0) is 6.42 Å². The molecular formula is C11H23N3O4S. The second kappa shape index (κ2) is 11.0. The predicted octanol–water partition coefficient (Wildman–Crippen LogP) is 2.07. The molecule has 0 amide bonds. The van der Waals surface area contributed by atoms with Crippen LogP contribution in [0.4, 0.5) is 0 Å². The van der Waals surface area contributed by atoms with E-state index in [4.69, 9.17) is 10.5 Å². The molecule has 0 aromatic heterocycles. The fourth-order valence-corrected chi connectivity index (χ4v) is 2.20. The summed E-state index contributed by atoms with van der Waals surface area (Å²) < 4.78 is 26.8. The number of hydrogen-bond donors (Lipinski definition) is 2. The summed E-state index contributed by atoms with van der Waals surface area (Å²) >= 11 is 0. The first-order chi connectivity index (χ1) is 9.02. The van der Waals surface area contributed by atoms with E-state index in [0.717, 1.165) is 19.3 Å². The molecule has 0 bridgehead atoms. The molecular weight excluding hydrogens is 270 g/mol. The molecule has 0 aromatic carbocycles. The Hall–Kier alpha value is -0.880. The Kier molecular flexibility index (Phi) is 10.5. The first-order valence-electron chi connectivity index (χ1n) is 6.57. The Labute approximate surface area is 115 Å². The molecule has 0 heterocycles. The summed E-state index contributed by atoms with van der Waals surface area (Å²) in [6.07, 6.45) is 9.90. The van der Waals surface area contributed by atoms with E-state index in [1.807, 2.05) is 0 Å². The van der Waals surface area contributed by atoms with E-state index in [0.29, 0.717) is 6.42 Å². The Balaban J connectivity index is 3.46. The summed E-state index contributed by atoms with van der Waals surface area (Å²) in [7, 11) is -4.09. The molecule has 112 valence electrons. The van der Waals surface area contributed by atoms with E-state index in [2.05, 4.69) is 11.1 Å². The van der Waals surface area contributed by atoms with Gasteiger partial charge in [-0.25, -0.2) is 0 Å². The molecule has 0 unspecified atom stereocenters. The number of hydrazine groups is 1. The number of hydrogen-bond acceptors (Lipinski definition) is 6. The van der Waals surface area contributed by atoms with Crippen molar-refractivity contribution in [3.05, 3.63) is 0 Å². The van der Waals surface area contributed by atoms with Gasteiger partial charge in [-0.2, -0.15) is 13.7 Å². The van der Waals surface area contributed by atoms with Crippen LogP contribution in [0.5, 0.6) is 0 Å². The minimum atomic E-state index is -4.09. The molecule has 0 fully saturated rings. The van der Waals surface area contributed by atoms with Gasteiger partial charge in [-0.15, -0.1) is 0 Å². The highest BCUT2D eigenvalue weighted by Gasteiger charge is 2.13. The van der Waals surface area contributed by atoms with Crippen LogP contribution in [0, 0.1) is 11.5 Å². The molecule has 8 heteroatoms. The molecule has 0 rings (SSSR count). The average molecular weight is 293 g/mol. The first kappa shape index (κ1) is 18.1. The number of unbranched alkanes of at least 4 members (excludes halogenated alkanes) is 7. The van der Waals surface area contributed by atoms with Crippen molar-refractivity contribution in [1.29, 1.82) is 5.26 Å². The van der Waals surface area contributed by atoms with Crippen LogP contribution in [0.25, 0.3) is 0 Å². The molecule has 0 saturated carbocycles. The van der Waals surface area contributed by atoms with Gasteiger partial charge in [-0.1, -0.05) is 61.9 Å². The lowest BCUT2D eigenvalue weighted by molar-refractivity contribution is -0.0561. The topological polar surface area (TPSA) is 103 Å². The molecule has 0 aliphatic carbocycles. The summed E-state index contributed by atoms with van der Waals surface area (Å²) in [4.78, 5) is 1.51. The molecule has 0 saturated heterocycles. The van der Waals surface area contributed by atoms with Crippen molar-refractivity contribution in [2.75, 3.05) is 6.61 Å². The smallest absolute Gasteiger partial charge is 0.263 e. The number of nitrogens with zero attached hydrogens (tertiary/aromatic N) is 2. The fourth-order valence-electron chi connectivity index (χ4n) is 1.56. The van der Waals surface area contributed by atoms with Crippen LogP contribution in [0.1, 0.15) is 58.3 Å². The summed E-state index contributed by atoms with van der Waals surface area (Å²) in [5.74, 6) is 0. The normalized spacial score (nSPS) is 11.2. The van der Waals surface area contributed by atoms with Crippen molar-refractivity contribution in [3.8, 4) is 6.19 Å². The van der Waals surface area contributed by atoms with Gasteiger partial charge >= 0.3 is 10.3 Å². The molecule has 0 aliphatic heterocycles. The third-order valence-corrected chi connectivity index (χ3v) is 3.40. The highest BCUT2D eigenvalue weighted by atomic mass is 32.2. The van der Waals surface area contributed by atoms with E-state index >= 15 is 0 Å². The average Bonchev–Trinajstić information content (AvgIpc) is 2.36. The Morgan fingerprint density at radius 1 is 1.16 bits per heavy atom. The van der Waals surface area contributed by atoms with E-state index in [-0.39, 0.29) is 11.8 Å². The molecule has 0 spiro atoms. The zero-order valence-corrected chi connectivity index (χ0v) is 12.2. The standard InChI is InChI=1S/C11H23N3O4S/c1-2-3-4-5-6-7-8-9-10-18-19(16,17)13-14(15)11-12/h13,15H,2-10H2,1H3. The number of nitrogens with one attached hydrogen (secondary N) is 1. The lowest BCUT2D eigenvalue weighted by atomic mass is 10.1. The summed E-state index contributed by atoms with van der Waals surface area (Å²) in [6, 6.07) is 0. The van der Waals surface area contributed by atoms with Crippen LogP contribution in [0.15, 0.2) is 0 Å². The van der Waals surface area contributed by atoms with Gasteiger partial charge in [0.2, 0.25) is 6.19 Å². The molecule has 7 nitrogen and oxygen atoms in total. The number of hydroxylamine groups is 1. The third-order valence-electron chi connectivity index (χ3n) is 2.53. The molecule has 0 aromatic rings. The lowest BCUT2D eigenvalue weighted by Crippen LogP contribution is -2.37. The van der Waals surface area contributed by atoms with Gasteiger partial charge in [0.1, 0.15) is 0 Å². The zero-order valence-electron chi connectivity index (χ0n) is 11.3. The van der Waals surface area contributed by atoms with Gasteiger partial charge < -0.3 is 0 Å². The maximum atomic E-state index is 11.1. The van der Waals surface area contributed by atoms with Crippen molar-refractivity contribution < 1.29 is 17.8 Å². The van der Waals surface area contributed by atoms with Crippen LogP contribution in [-0.4, -0.2) is 25.4 Å². The SMILES string of the molecule is CCCCCCCCCCOS(=O)(=O)NN(O)C#N. The van der Waals surface area contributed by atoms with Crippen molar-refractivity contribution in [2.24, 2.45) is 0 Å². The van der Waals surface area contributed by atoms with E-state index in [9.17, 15) is 8.42 Å². The molecule has 2 N–H and O–H groups in total. The minimum Gasteiger partial charge on any atom is -0.263 e. The highest BCUT2D eigenvalue weighted by Crippen LogP contribution is 2.08. The third kappa shape index (κ3) is 11.9. The molecule has 19 heavy (non-hydrogen) atoms. The van der Waals surface area contributed by atoms with Crippen molar-refractivity contribution in [1.82, 2.24) is 10.0 Å². The number of nitriles is 1. The van der Waals surface area contributed by atoms with Crippen molar-refractivity contribution >= 4 is 10.3 Å². The van der Waals surface area contributed by atoms with Crippen LogP contribution in [-0.2, 0) is 14.5 Å². The Morgan fingerprint density at radius 2 is 1.68 bits per heavy atom. The quantitative estimate of drug-likeness (QED) is 0.247. The van der Waals surface area contributed by atoms with E-state index < -0.39 is 10.3 Å². The number of rotatable bonds is 12. The van der Waals surface area contributed by atoms with Crippen LogP contribution < -0.4 is 4.83 Å². The summed E-state index contributed by atoms with van der Waals surface area (Å²) in [5.41, 5.74) is 0. The minimum absolute atomic E-state index is 0.0452. The zero-order chi connectivity index (χ0) is 14.6. The highest BCUT2D eigenvalue weighted by molar-refractivity contribution is 7.84. The van der Waals surface area contributed by atoms with Gasteiger partial charge in [0.15, 0.2) is 0 Å². The van der Waals surface area contributed by atoms with Crippen LogP contribution in [0.2, 0.25) is 0 Å². The summed E-state index contributed by atoms with van der Waals surface area (Å²) in [6.45, 7) is 2.22. The second-order valence-electron chi connectivity index (χ2n) is 4.25. The van der Waals surface area contributed by atoms with Crippen LogP contribution in [0.3, 0.4) is 0 Å². The monoisotopic (exact) mass is 293 g/mol.